The number of fused-ring (bicyclic) bond motifs is 3. The van der Waals surface area contributed by atoms with Gasteiger partial charge >= 0.3 is 0 Å². The first-order chi connectivity index (χ1) is 10.8. The minimum absolute atomic E-state index is 1.08. The first-order valence-electron chi connectivity index (χ1n) is 7.61. The van der Waals surface area contributed by atoms with Crippen molar-refractivity contribution >= 4 is 42.9 Å². The van der Waals surface area contributed by atoms with Crippen molar-refractivity contribution in [2.45, 2.75) is 13.3 Å². The normalized spacial score (nSPS) is 11.1. The van der Waals surface area contributed by atoms with Crippen molar-refractivity contribution in [2.75, 3.05) is 5.32 Å². The Hall–Kier alpha value is -2.32. The van der Waals surface area contributed by atoms with Crippen LogP contribution in [0.1, 0.15) is 12.5 Å². The molecule has 0 spiro atoms. The second kappa shape index (κ2) is 5.47. The van der Waals surface area contributed by atoms with Gasteiger partial charge in [0.25, 0.3) is 0 Å². The smallest absolute Gasteiger partial charge is 0.0391 e. The number of aryl methyl sites for hydroxylation is 1. The van der Waals surface area contributed by atoms with Crippen LogP contribution in [0.3, 0.4) is 0 Å². The maximum atomic E-state index is 3.51. The van der Waals surface area contributed by atoms with Crippen molar-refractivity contribution < 1.29 is 0 Å². The molecule has 0 atom stereocenters. The summed E-state index contributed by atoms with van der Waals surface area (Å²) in [6.07, 6.45) is 1.08. The second-order valence-corrected chi connectivity index (χ2v) is 6.57. The first kappa shape index (κ1) is 13.4. The van der Waals surface area contributed by atoms with Crippen LogP contribution in [0.2, 0.25) is 0 Å². The Bertz CT molecular complexity index is 935. The molecular formula is C20H17NS. The van der Waals surface area contributed by atoms with Crippen LogP contribution in [-0.2, 0) is 6.42 Å². The summed E-state index contributed by atoms with van der Waals surface area (Å²) in [6.45, 7) is 2.18. The molecule has 2 heteroatoms. The minimum Gasteiger partial charge on any atom is -0.356 e. The van der Waals surface area contributed by atoms with Crippen LogP contribution in [0.25, 0.3) is 20.2 Å². The van der Waals surface area contributed by atoms with Crippen LogP contribution >= 0.6 is 11.3 Å². The van der Waals surface area contributed by atoms with Crippen molar-refractivity contribution in [3.8, 4) is 0 Å². The Balaban J connectivity index is 1.73. The number of thiophene rings is 1. The highest BCUT2D eigenvalue weighted by Crippen LogP contribution is 2.35. The summed E-state index contributed by atoms with van der Waals surface area (Å²) in [4.78, 5) is 0. The Morgan fingerprint density at radius 2 is 1.50 bits per heavy atom. The summed E-state index contributed by atoms with van der Waals surface area (Å²) in [6, 6.07) is 23.9. The van der Waals surface area contributed by atoms with Gasteiger partial charge in [0.05, 0.1) is 0 Å². The predicted molar refractivity (Wildman–Crippen MR) is 98.4 cm³/mol. The second-order valence-electron chi connectivity index (χ2n) is 5.48. The molecular weight excluding hydrogens is 286 g/mol. The van der Waals surface area contributed by atoms with Crippen LogP contribution in [0.5, 0.6) is 0 Å². The molecule has 0 radical (unpaired) electrons. The molecule has 3 aromatic carbocycles. The van der Waals surface area contributed by atoms with Gasteiger partial charge in [0.15, 0.2) is 0 Å². The van der Waals surface area contributed by atoms with Gasteiger partial charge in [-0.1, -0.05) is 37.3 Å². The summed E-state index contributed by atoms with van der Waals surface area (Å²) < 4.78 is 2.69. The van der Waals surface area contributed by atoms with Gasteiger partial charge in [0, 0.05) is 31.5 Å². The van der Waals surface area contributed by atoms with Gasteiger partial charge in [0.1, 0.15) is 0 Å². The summed E-state index contributed by atoms with van der Waals surface area (Å²) in [5, 5.41) is 6.18. The largest absolute Gasteiger partial charge is 0.356 e. The lowest BCUT2D eigenvalue weighted by molar-refractivity contribution is 1.14. The van der Waals surface area contributed by atoms with Crippen LogP contribution in [-0.4, -0.2) is 0 Å². The Kier molecular flexibility index (Phi) is 3.32. The van der Waals surface area contributed by atoms with E-state index in [4.69, 9.17) is 0 Å². The average molecular weight is 303 g/mol. The van der Waals surface area contributed by atoms with E-state index < -0.39 is 0 Å². The van der Waals surface area contributed by atoms with E-state index in [1.165, 1.54) is 25.7 Å². The zero-order chi connectivity index (χ0) is 14.9. The third-order valence-electron chi connectivity index (χ3n) is 4.03. The minimum atomic E-state index is 1.08. The van der Waals surface area contributed by atoms with Crippen LogP contribution in [0, 0.1) is 0 Å². The number of hydrogen-bond donors (Lipinski definition) is 1. The van der Waals surface area contributed by atoms with E-state index in [1.54, 1.807) is 0 Å². The van der Waals surface area contributed by atoms with Gasteiger partial charge in [0.2, 0.25) is 0 Å². The lowest BCUT2D eigenvalue weighted by atomic mass is 10.1. The van der Waals surface area contributed by atoms with Crippen LogP contribution in [0.4, 0.5) is 11.4 Å². The molecule has 0 saturated heterocycles. The first-order valence-corrected chi connectivity index (χ1v) is 8.42. The highest BCUT2D eigenvalue weighted by molar-refractivity contribution is 7.25. The van der Waals surface area contributed by atoms with Gasteiger partial charge in [-0.15, -0.1) is 11.3 Å². The molecule has 0 aliphatic heterocycles. The molecule has 1 aromatic heterocycles. The fourth-order valence-corrected chi connectivity index (χ4v) is 3.88. The van der Waals surface area contributed by atoms with E-state index in [-0.39, 0.29) is 0 Å². The van der Waals surface area contributed by atoms with Crippen molar-refractivity contribution in [3.05, 3.63) is 72.3 Å². The molecule has 0 amide bonds. The molecule has 108 valence electrons. The summed E-state index contributed by atoms with van der Waals surface area (Å²) in [5.74, 6) is 0. The van der Waals surface area contributed by atoms with Crippen molar-refractivity contribution in [2.24, 2.45) is 0 Å². The summed E-state index contributed by atoms with van der Waals surface area (Å²) >= 11 is 1.85. The average Bonchev–Trinajstić information content (AvgIpc) is 2.94. The quantitative estimate of drug-likeness (QED) is 0.464. The van der Waals surface area contributed by atoms with Crippen LogP contribution < -0.4 is 5.32 Å². The zero-order valence-electron chi connectivity index (χ0n) is 12.5. The van der Waals surface area contributed by atoms with E-state index in [2.05, 4.69) is 79.0 Å². The highest BCUT2D eigenvalue weighted by atomic mass is 32.1. The SMILES string of the molecule is CCc1ccc(Nc2ccc3sc4ccccc4c3c2)cc1. The highest BCUT2D eigenvalue weighted by Gasteiger charge is 2.05. The Morgan fingerprint density at radius 3 is 2.32 bits per heavy atom. The lowest BCUT2D eigenvalue weighted by Crippen LogP contribution is -1.90. The molecule has 0 fully saturated rings. The van der Waals surface area contributed by atoms with E-state index in [0.29, 0.717) is 0 Å². The molecule has 0 unspecified atom stereocenters. The van der Waals surface area contributed by atoms with Gasteiger partial charge in [-0.2, -0.15) is 0 Å². The predicted octanol–water partition coefficient (Wildman–Crippen LogP) is 6.36. The molecule has 1 nitrogen and oxygen atoms in total. The molecule has 0 aliphatic carbocycles. The fourth-order valence-electron chi connectivity index (χ4n) is 2.79. The Morgan fingerprint density at radius 1 is 0.773 bits per heavy atom. The number of hydrogen-bond acceptors (Lipinski definition) is 2. The third-order valence-corrected chi connectivity index (χ3v) is 5.18. The van der Waals surface area contributed by atoms with E-state index in [0.717, 1.165) is 17.8 Å². The van der Waals surface area contributed by atoms with E-state index >= 15 is 0 Å². The molecule has 0 saturated carbocycles. The molecule has 0 aliphatic rings. The van der Waals surface area contributed by atoms with Gasteiger partial charge in [-0.05, 0) is 48.4 Å². The summed E-state index contributed by atoms with van der Waals surface area (Å²) in [5.41, 5.74) is 3.64. The molecule has 4 aromatic rings. The monoisotopic (exact) mass is 303 g/mol. The Labute approximate surface area is 134 Å². The molecule has 1 N–H and O–H groups in total. The molecule has 1 heterocycles. The maximum Gasteiger partial charge on any atom is 0.0391 e. The van der Waals surface area contributed by atoms with Crippen LogP contribution in [0.15, 0.2) is 66.7 Å². The fraction of sp³-hybridized carbons (Fsp3) is 0.100. The molecule has 0 bridgehead atoms. The molecule has 22 heavy (non-hydrogen) atoms. The lowest BCUT2D eigenvalue weighted by Gasteiger charge is -2.07. The standard InChI is InChI=1S/C20H17NS/c1-2-14-7-9-15(10-8-14)21-16-11-12-20-18(13-16)17-5-3-4-6-19(17)22-20/h3-13,21H,2H2,1H3. The van der Waals surface area contributed by atoms with Gasteiger partial charge in [-0.3, -0.25) is 0 Å². The third kappa shape index (κ3) is 2.36. The molecule has 4 rings (SSSR count). The van der Waals surface area contributed by atoms with Crippen molar-refractivity contribution in [3.63, 3.8) is 0 Å². The van der Waals surface area contributed by atoms with Crippen molar-refractivity contribution in [1.29, 1.82) is 0 Å². The summed E-state index contributed by atoms with van der Waals surface area (Å²) in [7, 11) is 0. The van der Waals surface area contributed by atoms with Gasteiger partial charge < -0.3 is 5.32 Å². The van der Waals surface area contributed by atoms with Gasteiger partial charge in [-0.25, -0.2) is 0 Å². The van der Waals surface area contributed by atoms with E-state index in [9.17, 15) is 0 Å². The number of rotatable bonds is 3. The maximum absolute atomic E-state index is 3.51. The van der Waals surface area contributed by atoms with E-state index in [1.807, 2.05) is 11.3 Å². The number of benzene rings is 3. The number of anilines is 2. The number of nitrogens with one attached hydrogen (secondary N) is 1. The zero-order valence-corrected chi connectivity index (χ0v) is 13.3. The van der Waals surface area contributed by atoms with Crippen molar-refractivity contribution in [1.82, 2.24) is 0 Å². The topological polar surface area (TPSA) is 12.0 Å².